The maximum absolute atomic E-state index is 11.8. The fourth-order valence-electron chi connectivity index (χ4n) is 2.82. The van der Waals surface area contributed by atoms with Gasteiger partial charge in [0.05, 0.1) is 12.3 Å². The van der Waals surface area contributed by atoms with E-state index in [1.807, 2.05) is 0 Å². The van der Waals surface area contributed by atoms with E-state index in [9.17, 15) is 4.79 Å². The van der Waals surface area contributed by atoms with E-state index in [0.29, 0.717) is 12.3 Å². The third-order valence-corrected chi connectivity index (χ3v) is 5.14. The van der Waals surface area contributed by atoms with Gasteiger partial charge in [0, 0.05) is 18.8 Å². The molecule has 1 unspecified atom stereocenters. The Bertz CT molecular complexity index is 528. The lowest BCUT2D eigenvalue weighted by Crippen LogP contribution is -2.28. The van der Waals surface area contributed by atoms with Gasteiger partial charge in [0.25, 0.3) is 0 Å². The zero-order chi connectivity index (χ0) is 13.9. The second-order valence-electron chi connectivity index (χ2n) is 5.17. The average molecular weight is 286 g/mol. The van der Waals surface area contributed by atoms with Crippen LogP contribution in [0.2, 0.25) is 0 Å². The molecule has 2 aliphatic heterocycles. The first kappa shape index (κ1) is 13.4. The number of anilines is 1. The third-order valence-electron chi connectivity index (χ3n) is 3.88. The van der Waals surface area contributed by atoms with Gasteiger partial charge < -0.3 is 9.80 Å². The van der Waals surface area contributed by atoms with E-state index in [4.69, 9.17) is 6.42 Å². The Morgan fingerprint density at radius 1 is 1.25 bits per heavy atom. The van der Waals surface area contributed by atoms with E-state index < -0.39 is 0 Å². The molecule has 3 rings (SSSR count). The van der Waals surface area contributed by atoms with Crippen LogP contribution in [-0.2, 0) is 4.79 Å². The highest BCUT2D eigenvalue weighted by molar-refractivity contribution is 8.00. The summed E-state index contributed by atoms with van der Waals surface area (Å²) in [5.41, 5.74) is 2.45. The van der Waals surface area contributed by atoms with Crippen LogP contribution in [0.3, 0.4) is 0 Å². The lowest BCUT2D eigenvalue weighted by atomic mass is 10.1. The van der Waals surface area contributed by atoms with Crippen LogP contribution in [0.15, 0.2) is 24.3 Å². The van der Waals surface area contributed by atoms with Crippen molar-refractivity contribution in [3.63, 3.8) is 0 Å². The molecule has 2 saturated heterocycles. The van der Waals surface area contributed by atoms with Crippen LogP contribution in [0.1, 0.15) is 23.8 Å². The van der Waals surface area contributed by atoms with E-state index in [1.165, 1.54) is 24.1 Å². The molecule has 3 nitrogen and oxygen atoms in total. The third kappa shape index (κ3) is 2.51. The quantitative estimate of drug-likeness (QED) is 0.798. The number of amides is 1. The topological polar surface area (TPSA) is 23.6 Å². The minimum atomic E-state index is 0.0752. The largest absolute Gasteiger partial charge is 0.372 e. The summed E-state index contributed by atoms with van der Waals surface area (Å²) in [6, 6.07) is 8.59. The van der Waals surface area contributed by atoms with Crippen molar-refractivity contribution in [1.82, 2.24) is 4.90 Å². The highest BCUT2D eigenvalue weighted by Gasteiger charge is 2.32. The number of carbonyl (C=O) groups excluding carboxylic acids is 1. The Kier molecular flexibility index (Phi) is 3.88. The fraction of sp³-hybridized carbons (Fsp3) is 0.438. The van der Waals surface area contributed by atoms with Gasteiger partial charge >= 0.3 is 0 Å². The van der Waals surface area contributed by atoms with Crippen LogP contribution >= 0.6 is 11.8 Å². The second kappa shape index (κ2) is 5.80. The Balaban J connectivity index is 1.77. The highest BCUT2D eigenvalue weighted by Crippen LogP contribution is 2.38. The zero-order valence-electron chi connectivity index (χ0n) is 11.4. The van der Waals surface area contributed by atoms with Crippen LogP contribution < -0.4 is 4.90 Å². The predicted octanol–water partition coefficient (Wildman–Crippen LogP) is 2.49. The van der Waals surface area contributed by atoms with Crippen LogP contribution in [-0.4, -0.2) is 36.2 Å². The molecule has 1 aromatic carbocycles. The number of rotatable bonds is 3. The summed E-state index contributed by atoms with van der Waals surface area (Å²) in [4.78, 5) is 16.0. The molecule has 2 aliphatic rings. The van der Waals surface area contributed by atoms with Crippen molar-refractivity contribution < 1.29 is 4.79 Å². The minimum absolute atomic E-state index is 0.0752. The summed E-state index contributed by atoms with van der Waals surface area (Å²) in [6.07, 6.45) is 7.92. The maximum Gasteiger partial charge on any atom is 0.234 e. The van der Waals surface area contributed by atoms with Gasteiger partial charge in [-0.05, 0) is 30.5 Å². The van der Waals surface area contributed by atoms with Gasteiger partial charge in [-0.3, -0.25) is 4.79 Å². The maximum atomic E-state index is 11.8. The molecule has 4 heteroatoms. The summed E-state index contributed by atoms with van der Waals surface area (Å²) in [5.74, 6) is 3.25. The van der Waals surface area contributed by atoms with Gasteiger partial charge in [0.1, 0.15) is 5.37 Å². The van der Waals surface area contributed by atoms with Crippen molar-refractivity contribution in [2.24, 2.45) is 0 Å². The molecule has 0 N–H and O–H groups in total. The molecular formula is C16H18N2OS. The first-order valence-corrected chi connectivity index (χ1v) is 8.04. The van der Waals surface area contributed by atoms with Crippen LogP contribution in [0.5, 0.6) is 0 Å². The molecule has 20 heavy (non-hydrogen) atoms. The van der Waals surface area contributed by atoms with E-state index >= 15 is 0 Å². The molecule has 0 bridgehead atoms. The van der Waals surface area contributed by atoms with Crippen molar-refractivity contribution in [3.05, 3.63) is 29.8 Å². The second-order valence-corrected chi connectivity index (χ2v) is 6.24. The predicted molar refractivity (Wildman–Crippen MR) is 83.6 cm³/mol. The first-order valence-electron chi connectivity index (χ1n) is 6.99. The van der Waals surface area contributed by atoms with Crippen LogP contribution in [0, 0.1) is 12.3 Å². The highest BCUT2D eigenvalue weighted by atomic mass is 32.2. The molecule has 0 radical (unpaired) electrons. The summed E-state index contributed by atoms with van der Waals surface area (Å²) in [7, 11) is 0. The van der Waals surface area contributed by atoms with Crippen molar-refractivity contribution in [2.75, 3.05) is 30.3 Å². The first-order chi connectivity index (χ1) is 9.79. The van der Waals surface area contributed by atoms with E-state index in [0.717, 1.165) is 13.1 Å². The van der Waals surface area contributed by atoms with Crippen molar-refractivity contribution >= 4 is 23.4 Å². The Morgan fingerprint density at radius 2 is 1.95 bits per heavy atom. The molecule has 0 saturated carbocycles. The summed E-state index contributed by atoms with van der Waals surface area (Å²) < 4.78 is 0. The summed E-state index contributed by atoms with van der Waals surface area (Å²) >= 11 is 1.66. The minimum Gasteiger partial charge on any atom is -0.372 e. The normalized spacial score (nSPS) is 22.4. The lowest BCUT2D eigenvalue weighted by Gasteiger charge is -2.23. The smallest absolute Gasteiger partial charge is 0.234 e. The van der Waals surface area contributed by atoms with E-state index in [-0.39, 0.29) is 11.3 Å². The SMILES string of the molecule is C#CCN1C(=O)CSC1c1ccc(N2CCCC2)cc1. The van der Waals surface area contributed by atoms with Crippen molar-refractivity contribution in [2.45, 2.75) is 18.2 Å². The molecule has 0 aromatic heterocycles. The molecule has 2 fully saturated rings. The zero-order valence-corrected chi connectivity index (χ0v) is 12.2. The van der Waals surface area contributed by atoms with Crippen LogP contribution in [0.4, 0.5) is 5.69 Å². The van der Waals surface area contributed by atoms with Gasteiger partial charge in [0.2, 0.25) is 5.91 Å². The van der Waals surface area contributed by atoms with Gasteiger partial charge in [-0.1, -0.05) is 18.1 Å². The summed E-state index contributed by atoms with van der Waals surface area (Å²) in [6.45, 7) is 2.70. The standard InChI is InChI=1S/C16H18N2OS/c1-2-9-18-15(19)12-20-16(18)13-5-7-14(8-6-13)17-10-3-4-11-17/h1,5-8,16H,3-4,9-12H2. The molecule has 1 atom stereocenters. The fourth-order valence-corrected chi connectivity index (χ4v) is 4.01. The number of hydrogen-bond donors (Lipinski definition) is 0. The summed E-state index contributed by atoms with van der Waals surface area (Å²) in [5, 5.41) is 0.0752. The molecular weight excluding hydrogens is 268 g/mol. The molecule has 0 aliphatic carbocycles. The number of benzene rings is 1. The van der Waals surface area contributed by atoms with Gasteiger partial charge in [-0.15, -0.1) is 18.2 Å². The van der Waals surface area contributed by atoms with Crippen molar-refractivity contribution in [3.8, 4) is 12.3 Å². The van der Waals surface area contributed by atoms with Crippen molar-refractivity contribution in [1.29, 1.82) is 0 Å². The number of terminal acetylenes is 1. The van der Waals surface area contributed by atoms with E-state index in [2.05, 4.69) is 35.1 Å². The number of nitrogens with zero attached hydrogens (tertiary/aromatic N) is 2. The van der Waals surface area contributed by atoms with Gasteiger partial charge in [-0.25, -0.2) is 0 Å². The lowest BCUT2D eigenvalue weighted by molar-refractivity contribution is -0.127. The molecule has 1 amide bonds. The van der Waals surface area contributed by atoms with Gasteiger partial charge in [-0.2, -0.15) is 0 Å². The van der Waals surface area contributed by atoms with Gasteiger partial charge in [0.15, 0.2) is 0 Å². The van der Waals surface area contributed by atoms with E-state index in [1.54, 1.807) is 16.7 Å². The van der Waals surface area contributed by atoms with Crippen LogP contribution in [0.25, 0.3) is 0 Å². The molecule has 1 aromatic rings. The Hall–Kier alpha value is -1.60. The number of hydrogen-bond acceptors (Lipinski definition) is 3. The number of carbonyl (C=O) groups is 1. The molecule has 104 valence electrons. The Labute approximate surface area is 124 Å². The molecule has 0 spiro atoms. The Morgan fingerprint density at radius 3 is 2.60 bits per heavy atom. The average Bonchev–Trinajstić information content (AvgIpc) is 3.11. The number of thioether (sulfide) groups is 1. The monoisotopic (exact) mass is 286 g/mol. The molecule has 2 heterocycles.